The number of hydrogen-bond acceptors (Lipinski definition) is 6. The lowest BCUT2D eigenvalue weighted by molar-refractivity contribution is 0.0908. The van der Waals surface area contributed by atoms with Gasteiger partial charge in [-0.2, -0.15) is 5.10 Å². The number of nitrogens with zero attached hydrogens (tertiary/aromatic N) is 2. The molecule has 0 saturated carbocycles. The Morgan fingerprint density at radius 2 is 1.70 bits per heavy atom. The van der Waals surface area contributed by atoms with Gasteiger partial charge in [0, 0.05) is 24.4 Å². The SMILES string of the molecule is Cc1ccc(C(=O)COc2c(C(=O)c3cc(C)c(S(C)(=O)=O)c(C)c3Cl)c(C)nn2C)cc1. The van der Waals surface area contributed by atoms with Crippen LogP contribution in [0.15, 0.2) is 35.2 Å². The number of ether oxygens (including phenoxy) is 1. The maximum atomic E-state index is 13.5. The van der Waals surface area contributed by atoms with Gasteiger partial charge in [0.2, 0.25) is 11.7 Å². The van der Waals surface area contributed by atoms with E-state index in [1.54, 1.807) is 40.0 Å². The van der Waals surface area contributed by atoms with Gasteiger partial charge >= 0.3 is 0 Å². The number of aromatic nitrogens is 2. The molecule has 0 aliphatic rings. The molecule has 3 rings (SSSR count). The van der Waals surface area contributed by atoms with Gasteiger partial charge < -0.3 is 4.74 Å². The highest BCUT2D eigenvalue weighted by Gasteiger charge is 2.28. The first-order chi connectivity index (χ1) is 15.3. The van der Waals surface area contributed by atoms with Crippen molar-refractivity contribution in [2.75, 3.05) is 12.9 Å². The first-order valence-corrected chi connectivity index (χ1v) is 12.4. The molecule has 1 aromatic heterocycles. The molecular formula is C24H25ClN2O5S. The Labute approximate surface area is 198 Å². The summed E-state index contributed by atoms with van der Waals surface area (Å²) in [6.07, 6.45) is 1.10. The molecule has 2 aromatic carbocycles. The Balaban J connectivity index is 1.99. The standard InChI is InChI=1S/C24H25ClN2O5S/c1-13-7-9-17(10-8-13)19(28)12-32-24-20(16(4)26-27(24)5)22(29)18-11-14(2)23(33(6,30)31)15(3)21(18)25/h7-11H,12H2,1-6H3. The quantitative estimate of drug-likeness (QED) is 0.462. The Morgan fingerprint density at radius 1 is 1.09 bits per heavy atom. The van der Waals surface area contributed by atoms with Crippen molar-refractivity contribution >= 4 is 33.0 Å². The van der Waals surface area contributed by atoms with Crippen LogP contribution in [0.2, 0.25) is 5.02 Å². The fraction of sp³-hybridized carbons (Fsp3) is 0.292. The van der Waals surface area contributed by atoms with Crippen LogP contribution in [0.3, 0.4) is 0 Å². The molecule has 0 unspecified atom stereocenters. The molecular weight excluding hydrogens is 464 g/mol. The normalized spacial score (nSPS) is 11.5. The summed E-state index contributed by atoms with van der Waals surface area (Å²) in [4.78, 5) is 26.1. The minimum Gasteiger partial charge on any atom is -0.469 e. The topological polar surface area (TPSA) is 95.3 Å². The molecule has 9 heteroatoms. The molecule has 0 saturated heterocycles. The predicted octanol–water partition coefficient (Wildman–Crippen LogP) is 4.20. The summed E-state index contributed by atoms with van der Waals surface area (Å²) in [5, 5.41) is 4.32. The number of carbonyl (C=O) groups excluding carboxylic acids is 2. The number of halogens is 1. The molecule has 0 aliphatic heterocycles. The van der Waals surface area contributed by atoms with Crippen molar-refractivity contribution in [2.45, 2.75) is 32.6 Å². The molecule has 0 amide bonds. The molecule has 0 bridgehead atoms. The van der Waals surface area contributed by atoms with Crippen molar-refractivity contribution in [1.82, 2.24) is 9.78 Å². The Kier molecular flexibility index (Phi) is 6.81. The van der Waals surface area contributed by atoms with Crippen LogP contribution in [-0.4, -0.2) is 42.6 Å². The van der Waals surface area contributed by atoms with Crippen molar-refractivity contribution in [3.05, 3.63) is 74.4 Å². The molecule has 1 heterocycles. The van der Waals surface area contributed by atoms with Gasteiger partial charge in [-0.15, -0.1) is 0 Å². The summed E-state index contributed by atoms with van der Waals surface area (Å²) in [7, 11) is -1.92. The molecule has 0 aliphatic carbocycles. The predicted molar refractivity (Wildman–Crippen MR) is 126 cm³/mol. The highest BCUT2D eigenvalue weighted by Crippen LogP contribution is 2.34. The average molecular weight is 489 g/mol. The van der Waals surface area contributed by atoms with Crippen LogP contribution < -0.4 is 4.74 Å². The molecule has 0 radical (unpaired) electrons. The smallest absolute Gasteiger partial charge is 0.223 e. The Morgan fingerprint density at radius 3 is 2.27 bits per heavy atom. The molecule has 33 heavy (non-hydrogen) atoms. The van der Waals surface area contributed by atoms with Crippen molar-refractivity contribution in [3.63, 3.8) is 0 Å². The minimum absolute atomic E-state index is 0.0518. The second-order valence-corrected chi connectivity index (χ2v) is 10.4. The molecule has 0 fully saturated rings. The van der Waals surface area contributed by atoms with Crippen molar-refractivity contribution in [1.29, 1.82) is 0 Å². The van der Waals surface area contributed by atoms with Gasteiger partial charge in [0.25, 0.3) is 0 Å². The van der Waals surface area contributed by atoms with E-state index in [-0.39, 0.29) is 39.3 Å². The van der Waals surface area contributed by atoms with E-state index in [4.69, 9.17) is 16.3 Å². The van der Waals surface area contributed by atoms with Gasteiger partial charge in [-0.05, 0) is 44.9 Å². The van der Waals surface area contributed by atoms with Crippen LogP contribution in [0.5, 0.6) is 5.88 Å². The minimum atomic E-state index is -3.53. The fourth-order valence-electron chi connectivity index (χ4n) is 3.83. The van der Waals surface area contributed by atoms with Crippen molar-refractivity contribution < 1.29 is 22.7 Å². The third-order valence-electron chi connectivity index (χ3n) is 5.35. The van der Waals surface area contributed by atoms with E-state index in [0.717, 1.165) is 11.8 Å². The number of rotatable bonds is 7. The second-order valence-electron chi connectivity index (χ2n) is 8.08. The van der Waals surface area contributed by atoms with E-state index < -0.39 is 15.6 Å². The monoisotopic (exact) mass is 488 g/mol. The van der Waals surface area contributed by atoms with Crippen LogP contribution in [0.25, 0.3) is 0 Å². The zero-order valence-electron chi connectivity index (χ0n) is 19.3. The van der Waals surface area contributed by atoms with E-state index >= 15 is 0 Å². The molecule has 174 valence electrons. The fourth-order valence-corrected chi connectivity index (χ4v) is 5.43. The van der Waals surface area contributed by atoms with Crippen LogP contribution in [-0.2, 0) is 16.9 Å². The zero-order chi connectivity index (χ0) is 24.7. The third kappa shape index (κ3) is 4.86. The first kappa shape index (κ1) is 24.7. The molecule has 0 N–H and O–H groups in total. The van der Waals surface area contributed by atoms with Gasteiger partial charge in [0.15, 0.2) is 22.2 Å². The number of carbonyl (C=O) groups is 2. The molecule has 0 spiro atoms. The number of benzene rings is 2. The highest BCUT2D eigenvalue weighted by atomic mass is 35.5. The van der Waals surface area contributed by atoms with Crippen molar-refractivity contribution in [3.8, 4) is 5.88 Å². The van der Waals surface area contributed by atoms with Gasteiger partial charge in [0.1, 0.15) is 5.56 Å². The van der Waals surface area contributed by atoms with Crippen LogP contribution in [0.1, 0.15) is 48.7 Å². The summed E-state index contributed by atoms with van der Waals surface area (Å²) in [6.45, 7) is 6.49. The van der Waals surface area contributed by atoms with Gasteiger partial charge in [-0.1, -0.05) is 41.4 Å². The van der Waals surface area contributed by atoms with E-state index in [1.807, 2.05) is 19.1 Å². The van der Waals surface area contributed by atoms with Crippen LogP contribution >= 0.6 is 11.6 Å². The van der Waals surface area contributed by atoms with Crippen LogP contribution in [0, 0.1) is 27.7 Å². The second kappa shape index (κ2) is 9.11. The molecule has 7 nitrogen and oxygen atoms in total. The lowest BCUT2D eigenvalue weighted by Crippen LogP contribution is -2.16. The lowest BCUT2D eigenvalue weighted by atomic mass is 9.99. The number of hydrogen-bond donors (Lipinski definition) is 0. The average Bonchev–Trinajstić information content (AvgIpc) is 3.00. The first-order valence-electron chi connectivity index (χ1n) is 10.1. The number of Topliss-reactive ketones (excluding diaryl/α,β-unsaturated/α-hetero) is 1. The number of sulfone groups is 1. The lowest BCUT2D eigenvalue weighted by Gasteiger charge is -2.14. The molecule has 3 aromatic rings. The third-order valence-corrected chi connectivity index (χ3v) is 7.21. The summed E-state index contributed by atoms with van der Waals surface area (Å²) in [5.41, 5.74) is 2.97. The Bertz CT molecular complexity index is 1370. The van der Waals surface area contributed by atoms with Crippen LogP contribution in [0.4, 0.5) is 0 Å². The number of aryl methyl sites for hydroxylation is 4. The summed E-state index contributed by atoms with van der Waals surface area (Å²) < 4.78 is 31.5. The largest absolute Gasteiger partial charge is 0.469 e. The van der Waals surface area contributed by atoms with Gasteiger partial charge in [-0.25, -0.2) is 13.1 Å². The molecule has 0 atom stereocenters. The van der Waals surface area contributed by atoms with E-state index in [9.17, 15) is 18.0 Å². The Hall–Kier alpha value is -2.97. The van der Waals surface area contributed by atoms with E-state index in [2.05, 4.69) is 5.10 Å². The maximum absolute atomic E-state index is 13.5. The zero-order valence-corrected chi connectivity index (χ0v) is 20.9. The van der Waals surface area contributed by atoms with Gasteiger partial charge in [-0.3, -0.25) is 9.59 Å². The summed E-state index contributed by atoms with van der Waals surface area (Å²) in [6, 6.07) is 8.57. The van der Waals surface area contributed by atoms with Crippen molar-refractivity contribution in [2.24, 2.45) is 7.05 Å². The number of ketones is 2. The summed E-state index contributed by atoms with van der Waals surface area (Å²) >= 11 is 6.45. The van der Waals surface area contributed by atoms with Gasteiger partial charge in [0.05, 0.1) is 15.6 Å². The maximum Gasteiger partial charge on any atom is 0.223 e. The van der Waals surface area contributed by atoms with E-state index in [0.29, 0.717) is 22.4 Å². The summed E-state index contributed by atoms with van der Waals surface area (Å²) in [5.74, 6) is -0.569. The highest BCUT2D eigenvalue weighted by molar-refractivity contribution is 7.90. The van der Waals surface area contributed by atoms with E-state index in [1.165, 1.54) is 10.7 Å².